The number of aliphatic hydroxyl groups excluding tert-OH is 1. The molecule has 3 nitrogen and oxygen atoms in total. The van der Waals surface area contributed by atoms with Gasteiger partial charge in [-0.1, -0.05) is 11.6 Å². The molecule has 17 heavy (non-hydrogen) atoms. The molecule has 1 N–H and O–H groups in total. The van der Waals surface area contributed by atoms with Gasteiger partial charge in [0.05, 0.1) is 19.3 Å². The molecule has 1 aliphatic rings. The lowest BCUT2D eigenvalue weighted by molar-refractivity contribution is 0.0891. The average Bonchev–Trinajstić information content (AvgIpc) is 2.84. The summed E-state index contributed by atoms with van der Waals surface area (Å²) in [6.07, 6.45) is 0.430. The molecular formula is C14H20O3. The normalized spacial score (nSPS) is 21.5. The van der Waals surface area contributed by atoms with Gasteiger partial charge in [-0.25, -0.2) is 0 Å². The maximum absolute atomic E-state index is 10.4. The van der Waals surface area contributed by atoms with E-state index < -0.39 is 6.10 Å². The van der Waals surface area contributed by atoms with Crippen molar-refractivity contribution in [3.8, 4) is 5.75 Å². The zero-order valence-electron chi connectivity index (χ0n) is 10.5. The maximum atomic E-state index is 10.4. The molecule has 1 aromatic carbocycles. The molecule has 0 radical (unpaired) electrons. The van der Waals surface area contributed by atoms with Crippen LogP contribution >= 0.6 is 0 Å². The zero-order valence-corrected chi connectivity index (χ0v) is 10.5. The third kappa shape index (κ3) is 2.79. The number of benzene rings is 1. The monoisotopic (exact) mass is 236 g/mol. The second-order valence-electron chi connectivity index (χ2n) is 4.54. The van der Waals surface area contributed by atoms with Gasteiger partial charge in [-0.2, -0.15) is 0 Å². The molecule has 0 aliphatic carbocycles. The van der Waals surface area contributed by atoms with Crippen molar-refractivity contribution in [1.29, 1.82) is 0 Å². The van der Waals surface area contributed by atoms with E-state index >= 15 is 0 Å². The first-order valence-electron chi connectivity index (χ1n) is 6.21. The van der Waals surface area contributed by atoms with Gasteiger partial charge in [-0.15, -0.1) is 0 Å². The van der Waals surface area contributed by atoms with Crippen molar-refractivity contribution in [2.24, 2.45) is 5.92 Å². The van der Waals surface area contributed by atoms with Crippen LogP contribution in [-0.2, 0) is 4.74 Å². The van der Waals surface area contributed by atoms with E-state index in [1.165, 1.54) is 0 Å². The van der Waals surface area contributed by atoms with Crippen molar-refractivity contribution in [2.75, 3.05) is 19.8 Å². The van der Waals surface area contributed by atoms with E-state index in [4.69, 9.17) is 9.47 Å². The predicted octanol–water partition coefficient (Wildman–Crippen LogP) is 2.46. The molecule has 0 aromatic heterocycles. The molecule has 1 fully saturated rings. The highest BCUT2D eigenvalue weighted by atomic mass is 16.5. The van der Waals surface area contributed by atoms with Gasteiger partial charge in [-0.05, 0) is 32.4 Å². The van der Waals surface area contributed by atoms with Crippen LogP contribution in [0.4, 0.5) is 0 Å². The number of hydrogen-bond acceptors (Lipinski definition) is 3. The Kier molecular flexibility index (Phi) is 4.02. The Morgan fingerprint density at radius 2 is 2.35 bits per heavy atom. The molecule has 0 spiro atoms. The summed E-state index contributed by atoms with van der Waals surface area (Å²) in [5.74, 6) is 0.980. The lowest BCUT2D eigenvalue weighted by atomic mass is 9.93. The number of rotatable bonds is 4. The van der Waals surface area contributed by atoms with Crippen molar-refractivity contribution in [3.63, 3.8) is 0 Å². The molecule has 2 unspecified atom stereocenters. The van der Waals surface area contributed by atoms with Crippen molar-refractivity contribution in [2.45, 2.75) is 26.4 Å². The minimum Gasteiger partial charge on any atom is -0.493 e. The molecule has 1 saturated heterocycles. The summed E-state index contributed by atoms with van der Waals surface area (Å²) in [4.78, 5) is 0. The van der Waals surface area contributed by atoms with Crippen LogP contribution in [0.1, 0.15) is 30.6 Å². The third-order valence-electron chi connectivity index (χ3n) is 3.20. The molecule has 1 aliphatic heterocycles. The first kappa shape index (κ1) is 12.4. The molecule has 0 saturated carbocycles. The van der Waals surface area contributed by atoms with Gasteiger partial charge in [0.2, 0.25) is 0 Å². The van der Waals surface area contributed by atoms with Crippen LogP contribution in [-0.4, -0.2) is 24.9 Å². The Morgan fingerprint density at radius 3 is 3.00 bits per heavy atom. The van der Waals surface area contributed by atoms with Crippen molar-refractivity contribution < 1.29 is 14.6 Å². The second-order valence-corrected chi connectivity index (χ2v) is 4.54. The van der Waals surface area contributed by atoms with E-state index in [2.05, 4.69) is 0 Å². The molecule has 0 amide bonds. The Labute approximate surface area is 102 Å². The molecular weight excluding hydrogens is 216 g/mol. The first-order valence-corrected chi connectivity index (χ1v) is 6.21. The van der Waals surface area contributed by atoms with Gasteiger partial charge in [0.15, 0.2) is 0 Å². The molecule has 2 rings (SSSR count). The second kappa shape index (κ2) is 5.52. The largest absolute Gasteiger partial charge is 0.493 e. The minimum atomic E-state index is -0.487. The smallest absolute Gasteiger partial charge is 0.125 e. The highest BCUT2D eigenvalue weighted by Crippen LogP contribution is 2.34. The number of aryl methyl sites for hydroxylation is 1. The summed E-state index contributed by atoms with van der Waals surface area (Å²) in [6, 6.07) is 5.95. The lowest BCUT2D eigenvalue weighted by Crippen LogP contribution is -2.14. The van der Waals surface area contributed by atoms with E-state index in [1.807, 2.05) is 32.0 Å². The Balaban J connectivity index is 2.24. The topological polar surface area (TPSA) is 38.7 Å². The van der Waals surface area contributed by atoms with E-state index in [9.17, 15) is 5.11 Å². The van der Waals surface area contributed by atoms with E-state index in [0.717, 1.165) is 29.9 Å². The van der Waals surface area contributed by atoms with Crippen LogP contribution in [0.25, 0.3) is 0 Å². The highest BCUT2D eigenvalue weighted by Gasteiger charge is 2.27. The number of hydrogen-bond donors (Lipinski definition) is 1. The Bertz CT molecular complexity index is 370. The number of aliphatic hydroxyl groups is 1. The highest BCUT2D eigenvalue weighted by molar-refractivity contribution is 5.38. The standard InChI is InChI=1S/C14H20O3/c1-3-17-13-5-4-10(2)8-12(13)14(15)11-6-7-16-9-11/h4-5,8,11,14-15H,3,6-7,9H2,1-2H3. The van der Waals surface area contributed by atoms with Gasteiger partial charge in [0.25, 0.3) is 0 Å². The van der Waals surface area contributed by atoms with Gasteiger partial charge in [0, 0.05) is 18.1 Å². The van der Waals surface area contributed by atoms with Crippen LogP contribution < -0.4 is 4.74 Å². The lowest BCUT2D eigenvalue weighted by Gasteiger charge is -2.20. The molecule has 3 heteroatoms. The molecule has 2 atom stereocenters. The van der Waals surface area contributed by atoms with Gasteiger partial charge < -0.3 is 14.6 Å². The maximum Gasteiger partial charge on any atom is 0.125 e. The first-order chi connectivity index (χ1) is 8.22. The Hall–Kier alpha value is -1.06. The quantitative estimate of drug-likeness (QED) is 0.872. The van der Waals surface area contributed by atoms with Gasteiger partial charge in [0.1, 0.15) is 5.75 Å². The molecule has 94 valence electrons. The fourth-order valence-electron chi connectivity index (χ4n) is 2.24. The number of ether oxygens (including phenoxy) is 2. The fourth-order valence-corrected chi connectivity index (χ4v) is 2.24. The molecule has 0 bridgehead atoms. The SMILES string of the molecule is CCOc1ccc(C)cc1C(O)C1CCOC1. The van der Waals surface area contributed by atoms with Crippen molar-refractivity contribution >= 4 is 0 Å². The van der Waals surface area contributed by atoms with Crippen LogP contribution in [0.3, 0.4) is 0 Å². The van der Waals surface area contributed by atoms with Crippen molar-refractivity contribution in [1.82, 2.24) is 0 Å². The van der Waals surface area contributed by atoms with Crippen LogP contribution in [0.15, 0.2) is 18.2 Å². The fraction of sp³-hybridized carbons (Fsp3) is 0.571. The summed E-state index contributed by atoms with van der Waals surface area (Å²) < 4.78 is 10.9. The summed E-state index contributed by atoms with van der Waals surface area (Å²) in [6.45, 7) is 5.98. The Morgan fingerprint density at radius 1 is 1.53 bits per heavy atom. The minimum absolute atomic E-state index is 0.191. The van der Waals surface area contributed by atoms with Gasteiger partial charge >= 0.3 is 0 Å². The summed E-state index contributed by atoms with van der Waals surface area (Å²) >= 11 is 0. The van der Waals surface area contributed by atoms with E-state index in [-0.39, 0.29) is 5.92 Å². The zero-order chi connectivity index (χ0) is 12.3. The third-order valence-corrected chi connectivity index (χ3v) is 3.20. The van der Waals surface area contributed by atoms with Crippen LogP contribution in [0.2, 0.25) is 0 Å². The van der Waals surface area contributed by atoms with Gasteiger partial charge in [-0.3, -0.25) is 0 Å². The van der Waals surface area contributed by atoms with Crippen LogP contribution in [0, 0.1) is 12.8 Å². The average molecular weight is 236 g/mol. The van der Waals surface area contributed by atoms with Crippen molar-refractivity contribution in [3.05, 3.63) is 29.3 Å². The molecule has 1 heterocycles. The van der Waals surface area contributed by atoms with Crippen LogP contribution in [0.5, 0.6) is 5.75 Å². The predicted molar refractivity (Wildman–Crippen MR) is 66.2 cm³/mol. The van der Waals surface area contributed by atoms with E-state index in [0.29, 0.717) is 13.2 Å². The summed E-state index contributed by atoms with van der Waals surface area (Å²) in [5.41, 5.74) is 2.03. The van der Waals surface area contributed by atoms with E-state index in [1.54, 1.807) is 0 Å². The summed E-state index contributed by atoms with van der Waals surface area (Å²) in [5, 5.41) is 10.4. The molecule has 1 aromatic rings. The summed E-state index contributed by atoms with van der Waals surface area (Å²) in [7, 11) is 0.